The van der Waals surface area contributed by atoms with Crippen LogP contribution in [0.4, 0.5) is 5.95 Å². The van der Waals surface area contributed by atoms with Gasteiger partial charge in [-0.3, -0.25) is 4.79 Å². The first-order chi connectivity index (χ1) is 10.2. The molecule has 6 nitrogen and oxygen atoms in total. The van der Waals surface area contributed by atoms with E-state index in [-0.39, 0.29) is 12.5 Å². The number of hydrogen-bond acceptors (Lipinski definition) is 4. The van der Waals surface area contributed by atoms with Crippen molar-refractivity contribution in [2.45, 2.75) is 26.3 Å². The van der Waals surface area contributed by atoms with E-state index in [4.69, 9.17) is 10.5 Å². The molecule has 6 heteroatoms. The van der Waals surface area contributed by atoms with E-state index in [9.17, 15) is 4.79 Å². The third kappa shape index (κ3) is 2.53. The van der Waals surface area contributed by atoms with Gasteiger partial charge in [-0.15, -0.1) is 0 Å². The van der Waals surface area contributed by atoms with Crippen molar-refractivity contribution >= 4 is 22.9 Å². The third-order valence-corrected chi connectivity index (χ3v) is 3.82. The van der Waals surface area contributed by atoms with Crippen LogP contribution in [-0.2, 0) is 11.3 Å². The molecule has 0 bridgehead atoms. The monoisotopic (exact) mass is 288 g/mol. The zero-order valence-electron chi connectivity index (χ0n) is 12.2. The number of amides is 1. The number of ether oxygens (including phenoxy) is 1. The maximum absolute atomic E-state index is 12.3. The molecule has 0 radical (unpaired) electrons. The number of nitrogens with zero attached hydrogens (tertiary/aromatic N) is 3. The number of benzene rings is 1. The topological polar surface area (TPSA) is 73.4 Å². The van der Waals surface area contributed by atoms with Crippen molar-refractivity contribution in [1.29, 1.82) is 0 Å². The number of nitrogen functional groups attached to an aromatic ring is 1. The van der Waals surface area contributed by atoms with Crippen molar-refractivity contribution in [3.05, 3.63) is 18.2 Å². The van der Waals surface area contributed by atoms with Gasteiger partial charge in [-0.25, -0.2) is 4.98 Å². The highest BCUT2D eigenvalue weighted by Gasteiger charge is 2.20. The molecular weight excluding hydrogens is 268 g/mol. The summed E-state index contributed by atoms with van der Waals surface area (Å²) in [6, 6.07) is 5.68. The first-order valence-corrected chi connectivity index (χ1v) is 7.36. The molecule has 2 heterocycles. The van der Waals surface area contributed by atoms with E-state index in [1.807, 2.05) is 30.0 Å². The Kier molecular flexibility index (Phi) is 3.68. The summed E-state index contributed by atoms with van der Waals surface area (Å²) in [5.41, 5.74) is 7.54. The number of imidazole rings is 1. The minimum Gasteiger partial charge on any atom is -0.492 e. The van der Waals surface area contributed by atoms with Crippen LogP contribution in [0.25, 0.3) is 11.0 Å². The Labute approximate surface area is 123 Å². The molecule has 2 N–H and O–H groups in total. The molecule has 0 saturated carbocycles. The van der Waals surface area contributed by atoms with Crippen LogP contribution in [0.1, 0.15) is 19.8 Å². The van der Waals surface area contributed by atoms with Crippen LogP contribution in [0.3, 0.4) is 0 Å². The lowest BCUT2D eigenvalue weighted by Gasteiger charge is -2.16. The summed E-state index contributed by atoms with van der Waals surface area (Å²) in [4.78, 5) is 18.6. The summed E-state index contributed by atoms with van der Waals surface area (Å²) in [6.45, 7) is 4.41. The van der Waals surface area contributed by atoms with Crippen LogP contribution in [0.2, 0.25) is 0 Å². The highest BCUT2D eigenvalue weighted by atomic mass is 16.5. The van der Waals surface area contributed by atoms with Gasteiger partial charge in [-0.1, -0.05) is 6.07 Å². The molecule has 0 unspecified atom stereocenters. The molecule has 21 heavy (non-hydrogen) atoms. The smallest absolute Gasteiger partial charge is 0.242 e. The summed E-state index contributed by atoms with van der Waals surface area (Å²) in [5.74, 6) is 1.15. The Morgan fingerprint density at radius 2 is 2.14 bits per heavy atom. The van der Waals surface area contributed by atoms with Crippen molar-refractivity contribution in [1.82, 2.24) is 14.5 Å². The van der Waals surface area contributed by atoms with Crippen LogP contribution < -0.4 is 10.5 Å². The number of aromatic nitrogens is 2. The van der Waals surface area contributed by atoms with Gasteiger partial charge < -0.3 is 19.9 Å². The van der Waals surface area contributed by atoms with Gasteiger partial charge in [0.05, 0.1) is 12.1 Å². The summed E-state index contributed by atoms with van der Waals surface area (Å²) in [7, 11) is 0. The number of anilines is 1. The van der Waals surface area contributed by atoms with Gasteiger partial charge in [-0.2, -0.15) is 0 Å². The molecule has 1 aromatic heterocycles. The van der Waals surface area contributed by atoms with Crippen molar-refractivity contribution in [2.75, 3.05) is 25.4 Å². The summed E-state index contributed by atoms with van der Waals surface area (Å²) in [5, 5.41) is 0. The molecule has 1 amide bonds. The van der Waals surface area contributed by atoms with E-state index in [0.29, 0.717) is 23.8 Å². The van der Waals surface area contributed by atoms with Crippen molar-refractivity contribution in [3.8, 4) is 5.75 Å². The Balaban J connectivity index is 1.93. The van der Waals surface area contributed by atoms with Crippen LogP contribution in [0, 0.1) is 0 Å². The van der Waals surface area contributed by atoms with Gasteiger partial charge in [-0.05, 0) is 31.9 Å². The van der Waals surface area contributed by atoms with Gasteiger partial charge in [0.1, 0.15) is 17.8 Å². The summed E-state index contributed by atoms with van der Waals surface area (Å²) >= 11 is 0. The number of nitrogens with two attached hydrogens (primary N) is 1. The largest absolute Gasteiger partial charge is 0.492 e. The normalized spacial score (nSPS) is 14.8. The summed E-state index contributed by atoms with van der Waals surface area (Å²) in [6.07, 6.45) is 2.17. The van der Waals surface area contributed by atoms with Gasteiger partial charge in [0.25, 0.3) is 0 Å². The Bertz CT molecular complexity index is 659. The number of carbonyl (C=O) groups is 1. The standard InChI is InChI=1S/C15H20N4O2/c1-2-21-12-7-5-6-11-14(12)17-15(16)19(11)10-13(20)18-8-3-4-9-18/h5-7H,2-4,8-10H2,1H3,(H2,16,17). The summed E-state index contributed by atoms with van der Waals surface area (Å²) < 4.78 is 7.33. The minimum absolute atomic E-state index is 0.0975. The Morgan fingerprint density at radius 1 is 1.38 bits per heavy atom. The van der Waals surface area contributed by atoms with Crippen molar-refractivity contribution < 1.29 is 9.53 Å². The predicted octanol–water partition coefficient (Wildman–Crippen LogP) is 1.64. The molecule has 1 fully saturated rings. The van der Waals surface area contributed by atoms with Gasteiger partial charge in [0.15, 0.2) is 0 Å². The lowest BCUT2D eigenvalue weighted by atomic mass is 10.3. The second-order valence-corrected chi connectivity index (χ2v) is 5.20. The first-order valence-electron chi connectivity index (χ1n) is 7.36. The van der Waals surface area contributed by atoms with Crippen LogP contribution in [0.5, 0.6) is 5.75 Å². The second kappa shape index (κ2) is 5.63. The van der Waals surface area contributed by atoms with E-state index in [2.05, 4.69) is 4.98 Å². The number of carbonyl (C=O) groups excluding carboxylic acids is 1. The van der Waals surface area contributed by atoms with Gasteiger partial charge in [0, 0.05) is 13.1 Å². The van der Waals surface area contributed by atoms with Crippen molar-refractivity contribution in [2.24, 2.45) is 0 Å². The fourth-order valence-electron chi connectivity index (χ4n) is 2.78. The third-order valence-electron chi connectivity index (χ3n) is 3.82. The average Bonchev–Trinajstić information content (AvgIpc) is 3.09. The molecule has 1 aliphatic heterocycles. The molecule has 2 aromatic rings. The molecule has 0 aliphatic carbocycles. The molecule has 1 aliphatic rings. The zero-order chi connectivity index (χ0) is 14.8. The lowest BCUT2D eigenvalue weighted by molar-refractivity contribution is -0.130. The molecule has 0 atom stereocenters. The minimum atomic E-state index is 0.0975. The molecule has 1 saturated heterocycles. The van der Waals surface area contributed by atoms with E-state index in [1.165, 1.54) is 0 Å². The predicted molar refractivity (Wildman–Crippen MR) is 81.1 cm³/mol. The maximum atomic E-state index is 12.3. The lowest BCUT2D eigenvalue weighted by Crippen LogP contribution is -2.31. The molecular formula is C15H20N4O2. The zero-order valence-corrected chi connectivity index (χ0v) is 12.2. The Morgan fingerprint density at radius 3 is 2.86 bits per heavy atom. The SMILES string of the molecule is CCOc1cccc2c1nc(N)n2CC(=O)N1CCCC1. The first kappa shape index (κ1) is 13.7. The number of fused-ring (bicyclic) bond motifs is 1. The molecule has 0 spiro atoms. The van der Waals surface area contributed by atoms with Crippen LogP contribution >= 0.6 is 0 Å². The average molecular weight is 288 g/mol. The highest BCUT2D eigenvalue weighted by molar-refractivity contribution is 5.86. The quantitative estimate of drug-likeness (QED) is 0.928. The maximum Gasteiger partial charge on any atom is 0.242 e. The number of rotatable bonds is 4. The van der Waals surface area contributed by atoms with E-state index >= 15 is 0 Å². The Hall–Kier alpha value is -2.24. The van der Waals surface area contributed by atoms with E-state index < -0.39 is 0 Å². The molecule has 112 valence electrons. The van der Waals surface area contributed by atoms with Gasteiger partial charge >= 0.3 is 0 Å². The van der Waals surface area contributed by atoms with Crippen LogP contribution in [0.15, 0.2) is 18.2 Å². The number of hydrogen-bond donors (Lipinski definition) is 1. The number of para-hydroxylation sites is 1. The van der Waals surface area contributed by atoms with E-state index in [1.54, 1.807) is 4.57 Å². The fourth-order valence-corrected chi connectivity index (χ4v) is 2.78. The highest BCUT2D eigenvalue weighted by Crippen LogP contribution is 2.27. The fraction of sp³-hybridized carbons (Fsp3) is 0.467. The number of likely N-dealkylation sites (tertiary alicyclic amines) is 1. The van der Waals surface area contributed by atoms with E-state index in [0.717, 1.165) is 31.4 Å². The van der Waals surface area contributed by atoms with Gasteiger partial charge in [0.2, 0.25) is 11.9 Å². The van der Waals surface area contributed by atoms with Crippen LogP contribution in [-0.4, -0.2) is 40.1 Å². The second-order valence-electron chi connectivity index (χ2n) is 5.20. The van der Waals surface area contributed by atoms with Crippen molar-refractivity contribution in [3.63, 3.8) is 0 Å². The molecule has 3 rings (SSSR count). The molecule has 1 aromatic carbocycles.